The first-order chi connectivity index (χ1) is 8.85. The van der Waals surface area contributed by atoms with Crippen LogP contribution in [0.2, 0.25) is 0 Å². The summed E-state index contributed by atoms with van der Waals surface area (Å²) in [5.74, 6) is 1.50. The molecular formula is C14H17NO2S. The van der Waals surface area contributed by atoms with Crippen LogP contribution in [-0.2, 0) is 0 Å². The van der Waals surface area contributed by atoms with Crippen LogP contribution in [0.3, 0.4) is 0 Å². The van der Waals surface area contributed by atoms with Crippen LogP contribution in [-0.4, -0.2) is 13.2 Å². The van der Waals surface area contributed by atoms with Crippen LogP contribution in [0.1, 0.15) is 17.9 Å². The van der Waals surface area contributed by atoms with Crippen LogP contribution >= 0.6 is 11.3 Å². The number of ether oxygens (including phenoxy) is 2. The number of thiophene rings is 1. The number of hydrogen-bond donors (Lipinski definition) is 1. The zero-order valence-corrected chi connectivity index (χ0v) is 11.2. The first-order valence-corrected chi connectivity index (χ1v) is 6.85. The Balaban J connectivity index is 2.17. The van der Waals surface area contributed by atoms with Crippen molar-refractivity contribution < 1.29 is 9.47 Å². The van der Waals surface area contributed by atoms with Gasteiger partial charge in [0.05, 0.1) is 6.61 Å². The van der Waals surface area contributed by atoms with Gasteiger partial charge >= 0.3 is 0 Å². The van der Waals surface area contributed by atoms with Crippen molar-refractivity contribution in [3.05, 3.63) is 46.7 Å². The van der Waals surface area contributed by atoms with E-state index in [2.05, 4.69) is 0 Å². The molecule has 0 spiro atoms. The Morgan fingerprint density at radius 2 is 1.94 bits per heavy atom. The highest BCUT2D eigenvalue weighted by molar-refractivity contribution is 7.10. The summed E-state index contributed by atoms with van der Waals surface area (Å²) in [4.78, 5) is 1.13. The van der Waals surface area contributed by atoms with Crippen LogP contribution in [0.5, 0.6) is 11.5 Å². The molecule has 0 aliphatic rings. The molecule has 18 heavy (non-hydrogen) atoms. The largest absolute Gasteiger partial charge is 0.490 e. The highest BCUT2D eigenvalue weighted by Crippen LogP contribution is 2.31. The van der Waals surface area contributed by atoms with E-state index >= 15 is 0 Å². The topological polar surface area (TPSA) is 44.5 Å². The SMILES string of the molecule is CCOc1ccccc1OC(CN)c1cccs1. The Morgan fingerprint density at radius 3 is 2.56 bits per heavy atom. The minimum atomic E-state index is -0.119. The quantitative estimate of drug-likeness (QED) is 0.870. The Morgan fingerprint density at radius 1 is 1.17 bits per heavy atom. The molecule has 0 saturated heterocycles. The number of benzene rings is 1. The molecule has 1 unspecified atom stereocenters. The molecule has 2 rings (SSSR count). The molecule has 0 saturated carbocycles. The smallest absolute Gasteiger partial charge is 0.162 e. The fraction of sp³-hybridized carbons (Fsp3) is 0.286. The first kappa shape index (κ1) is 12.9. The van der Waals surface area contributed by atoms with Gasteiger partial charge in [-0.3, -0.25) is 0 Å². The fourth-order valence-corrected chi connectivity index (χ4v) is 2.44. The van der Waals surface area contributed by atoms with E-state index in [4.69, 9.17) is 15.2 Å². The van der Waals surface area contributed by atoms with E-state index in [9.17, 15) is 0 Å². The summed E-state index contributed by atoms with van der Waals surface area (Å²) in [7, 11) is 0. The lowest BCUT2D eigenvalue weighted by Gasteiger charge is -2.18. The number of hydrogen-bond acceptors (Lipinski definition) is 4. The van der Waals surface area contributed by atoms with Gasteiger partial charge in [-0.05, 0) is 30.5 Å². The van der Waals surface area contributed by atoms with E-state index in [1.54, 1.807) is 11.3 Å². The summed E-state index contributed by atoms with van der Waals surface area (Å²) in [6, 6.07) is 11.7. The third-order valence-corrected chi connectivity index (χ3v) is 3.46. The molecule has 96 valence electrons. The molecule has 1 heterocycles. The molecule has 2 aromatic rings. The summed E-state index contributed by atoms with van der Waals surface area (Å²) < 4.78 is 11.5. The molecule has 0 radical (unpaired) electrons. The van der Waals surface area contributed by atoms with Gasteiger partial charge in [-0.15, -0.1) is 11.3 Å². The van der Waals surface area contributed by atoms with E-state index in [-0.39, 0.29) is 6.10 Å². The number of para-hydroxylation sites is 2. The predicted molar refractivity (Wildman–Crippen MR) is 74.4 cm³/mol. The normalized spacial score (nSPS) is 12.1. The highest BCUT2D eigenvalue weighted by Gasteiger charge is 2.14. The summed E-state index contributed by atoms with van der Waals surface area (Å²) in [6.45, 7) is 3.02. The van der Waals surface area contributed by atoms with Crippen LogP contribution < -0.4 is 15.2 Å². The van der Waals surface area contributed by atoms with Gasteiger partial charge in [-0.1, -0.05) is 18.2 Å². The van der Waals surface area contributed by atoms with E-state index in [1.165, 1.54) is 0 Å². The van der Waals surface area contributed by atoms with Gasteiger partial charge in [-0.25, -0.2) is 0 Å². The summed E-state index contributed by atoms with van der Waals surface area (Å²) in [6.07, 6.45) is -0.119. The Labute approximate surface area is 111 Å². The van der Waals surface area contributed by atoms with Crippen LogP contribution in [0.25, 0.3) is 0 Å². The van der Waals surface area contributed by atoms with Crippen LogP contribution in [0.15, 0.2) is 41.8 Å². The van der Waals surface area contributed by atoms with Gasteiger partial charge < -0.3 is 15.2 Å². The van der Waals surface area contributed by atoms with Crippen molar-refractivity contribution in [2.75, 3.05) is 13.2 Å². The number of rotatable bonds is 6. The lowest BCUT2D eigenvalue weighted by Crippen LogP contribution is -2.17. The van der Waals surface area contributed by atoms with Gasteiger partial charge in [0.2, 0.25) is 0 Å². The Bertz CT molecular complexity index is 470. The molecule has 0 bridgehead atoms. The molecule has 1 aromatic heterocycles. The van der Waals surface area contributed by atoms with E-state index in [1.807, 2.05) is 48.7 Å². The first-order valence-electron chi connectivity index (χ1n) is 5.97. The molecule has 4 heteroatoms. The lowest BCUT2D eigenvalue weighted by atomic mass is 10.2. The zero-order chi connectivity index (χ0) is 12.8. The predicted octanol–water partition coefficient (Wildman–Crippen LogP) is 3.23. The Hall–Kier alpha value is -1.52. The van der Waals surface area contributed by atoms with Crippen molar-refractivity contribution in [2.24, 2.45) is 5.73 Å². The van der Waals surface area contributed by atoms with Crippen molar-refractivity contribution in [3.63, 3.8) is 0 Å². The zero-order valence-electron chi connectivity index (χ0n) is 10.3. The summed E-state index contributed by atoms with van der Waals surface area (Å²) >= 11 is 1.65. The molecule has 3 nitrogen and oxygen atoms in total. The summed E-state index contributed by atoms with van der Waals surface area (Å²) in [5.41, 5.74) is 5.78. The maximum Gasteiger partial charge on any atom is 0.162 e. The van der Waals surface area contributed by atoms with Crippen molar-refractivity contribution in [1.29, 1.82) is 0 Å². The molecule has 0 aliphatic heterocycles. The maximum absolute atomic E-state index is 5.95. The van der Waals surface area contributed by atoms with Crippen LogP contribution in [0.4, 0.5) is 0 Å². The van der Waals surface area contributed by atoms with Gasteiger partial charge in [-0.2, -0.15) is 0 Å². The molecule has 1 aromatic carbocycles. The van der Waals surface area contributed by atoms with Gasteiger partial charge in [0, 0.05) is 11.4 Å². The minimum absolute atomic E-state index is 0.119. The fourth-order valence-electron chi connectivity index (χ4n) is 1.67. The molecular weight excluding hydrogens is 246 g/mol. The van der Waals surface area contributed by atoms with E-state index in [0.717, 1.165) is 16.4 Å². The molecule has 0 aliphatic carbocycles. The summed E-state index contributed by atoms with van der Waals surface area (Å²) in [5, 5.41) is 2.02. The second kappa shape index (κ2) is 6.42. The minimum Gasteiger partial charge on any atom is -0.490 e. The monoisotopic (exact) mass is 263 g/mol. The third kappa shape index (κ3) is 3.03. The highest BCUT2D eigenvalue weighted by atomic mass is 32.1. The molecule has 0 fully saturated rings. The van der Waals surface area contributed by atoms with E-state index < -0.39 is 0 Å². The van der Waals surface area contributed by atoms with E-state index in [0.29, 0.717) is 13.2 Å². The Kier molecular flexibility index (Phi) is 4.61. The van der Waals surface area contributed by atoms with Crippen molar-refractivity contribution in [1.82, 2.24) is 0 Å². The standard InChI is InChI=1S/C14H17NO2S/c1-2-16-11-6-3-4-7-12(11)17-13(10-15)14-8-5-9-18-14/h3-9,13H,2,10,15H2,1H3. The lowest BCUT2D eigenvalue weighted by molar-refractivity contribution is 0.203. The van der Waals surface area contributed by atoms with Crippen molar-refractivity contribution in [2.45, 2.75) is 13.0 Å². The second-order valence-corrected chi connectivity index (χ2v) is 4.72. The van der Waals surface area contributed by atoms with Crippen molar-refractivity contribution in [3.8, 4) is 11.5 Å². The van der Waals surface area contributed by atoms with Gasteiger partial charge in [0.1, 0.15) is 6.10 Å². The van der Waals surface area contributed by atoms with Crippen molar-refractivity contribution >= 4 is 11.3 Å². The second-order valence-electron chi connectivity index (χ2n) is 3.74. The van der Waals surface area contributed by atoms with Crippen LogP contribution in [0, 0.1) is 0 Å². The molecule has 2 N–H and O–H groups in total. The van der Waals surface area contributed by atoms with Gasteiger partial charge in [0.15, 0.2) is 11.5 Å². The number of nitrogens with two attached hydrogens (primary N) is 1. The van der Waals surface area contributed by atoms with Gasteiger partial charge in [0.25, 0.3) is 0 Å². The molecule has 0 amide bonds. The maximum atomic E-state index is 5.95. The average Bonchev–Trinajstić information content (AvgIpc) is 2.92. The third-order valence-electron chi connectivity index (χ3n) is 2.49. The average molecular weight is 263 g/mol. The molecule has 1 atom stereocenters.